The topological polar surface area (TPSA) is 29.9 Å². The van der Waals surface area contributed by atoms with Crippen molar-refractivity contribution in [2.45, 2.75) is 45.7 Å². The van der Waals surface area contributed by atoms with Gasteiger partial charge in [0.15, 0.2) is 0 Å². The molecule has 98 valence electrons. The highest BCUT2D eigenvalue weighted by molar-refractivity contribution is 5.74. The minimum absolute atomic E-state index is 0.671. The third-order valence-electron chi connectivity index (χ3n) is 3.52. The third kappa shape index (κ3) is 3.10. The number of benzene rings is 1. The monoisotopic (exact) mass is 245 g/mol. The zero-order valence-corrected chi connectivity index (χ0v) is 11.4. The Hall–Kier alpha value is -1.35. The van der Waals surface area contributed by atoms with Gasteiger partial charge >= 0.3 is 0 Å². The second-order valence-corrected chi connectivity index (χ2v) is 4.75. The van der Waals surface area contributed by atoms with Crippen molar-refractivity contribution in [3.8, 4) is 0 Å². The number of aryl methyl sites for hydroxylation is 1. The highest BCUT2D eigenvalue weighted by Crippen LogP contribution is 2.11. The smallest absolute Gasteiger partial charge is 0.0958 e. The molecule has 0 saturated carbocycles. The summed E-state index contributed by atoms with van der Waals surface area (Å²) in [5.74, 6) is 0. The molecular formula is C15H23N3. The number of hydrogen-bond acceptors (Lipinski definition) is 2. The average Bonchev–Trinajstić information content (AvgIpc) is 2.82. The van der Waals surface area contributed by atoms with E-state index >= 15 is 0 Å². The van der Waals surface area contributed by atoms with Gasteiger partial charge in [0.1, 0.15) is 0 Å². The molecule has 3 heteroatoms. The van der Waals surface area contributed by atoms with E-state index in [0.717, 1.165) is 25.0 Å². The molecule has 0 bridgehead atoms. The Morgan fingerprint density at radius 3 is 2.78 bits per heavy atom. The fourth-order valence-electron chi connectivity index (χ4n) is 2.32. The number of nitrogens with zero attached hydrogens (tertiary/aromatic N) is 2. The Morgan fingerprint density at radius 2 is 2.00 bits per heavy atom. The summed E-state index contributed by atoms with van der Waals surface area (Å²) in [5, 5.41) is 3.60. The fraction of sp³-hybridized carbons (Fsp3) is 0.533. The number of nitrogens with one attached hydrogen (secondary N) is 1. The molecule has 0 aliphatic rings. The standard InChI is InChI=1S/C15H23N3/c1-3-13(4-2)16-10-7-11-18-12-17-14-8-5-6-9-15(14)18/h5-6,8-9,12-13,16H,3-4,7,10-11H2,1-2H3. The number of aromatic nitrogens is 2. The van der Waals surface area contributed by atoms with E-state index in [4.69, 9.17) is 0 Å². The van der Waals surface area contributed by atoms with Crippen LogP contribution in [0.4, 0.5) is 0 Å². The molecule has 0 spiro atoms. The molecule has 1 N–H and O–H groups in total. The van der Waals surface area contributed by atoms with Crippen LogP contribution in [0.1, 0.15) is 33.1 Å². The quantitative estimate of drug-likeness (QED) is 0.759. The van der Waals surface area contributed by atoms with Crippen molar-refractivity contribution in [3.05, 3.63) is 30.6 Å². The highest BCUT2D eigenvalue weighted by atomic mass is 15.0. The maximum Gasteiger partial charge on any atom is 0.0958 e. The number of rotatable bonds is 7. The maximum absolute atomic E-state index is 4.41. The van der Waals surface area contributed by atoms with E-state index < -0.39 is 0 Å². The summed E-state index contributed by atoms with van der Waals surface area (Å²) in [7, 11) is 0. The summed E-state index contributed by atoms with van der Waals surface area (Å²) < 4.78 is 2.24. The van der Waals surface area contributed by atoms with Gasteiger partial charge < -0.3 is 9.88 Å². The van der Waals surface area contributed by atoms with Crippen LogP contribution in [-0.4, -0.2) is 22.1 Å². The molecular weight excluding hydrogens is 222 g/mol. The van der Waals surface area contributed by atoms with Gasteiger partial charge in [0.25, 0.3) is 0 Å². The predicted molar refractivity (Wildman–Crippen MR) is 76.7 cm³/mol. The molecule has 0 amide bonds. The van der Waals surface area contributed by atoms with E-state index in [2.05, 4.69) is 46.9 Å². The summed E-state index contributed by atoms with van der Waals surface area (Å²) >= 11 is 0. The molecule has 2 rings (SSSR count). The van der Waals surface area contributed by atoms with Crippen LogP contribution in [0.15, 0.2) is 30.6 Å². The minimum Gasteiger partial charge on any atom is -0.331 e. The number of imidazole rings is 1. The molecule has 1 aromatic carbocycles. The van der Waals surface area contributed by atoms with E-state index in [9.17, 15) is 0 Å². The van der Waals surface area contributed by atoms with Crippen molar-refractivity contribution in [2.75, 3.05) is 6.54 Å². The van der Waals surface area contributed by atoms with Crippen LogP contribution in [-0.2, 0) is 6.54 Å². The molecule has 1 aromatic heterocycles. The van der Waals surface area contributed by atoms with Gasteiger partial charge in [-0.15, -0.1) is 0 Å². The second kappa shape index (κ2) is 6.55. The minimum atomic E-state index is 0.671. The van der Waals surface area contributed by atoms with E-state index in [1.807, 2.05) is 12.4 Å². The van der Waals surface area contributed by atoms with Crippen LogP contribution in [0.5, 0.6) is 0 Å². The Balaban J connectivity index is 1.83. The van der Waals surface area contributed by atoms with Gasteiger partial charge in [-0.3, -0.25) is 0 Å². The van der Waals surface area contributed by atoms with E-state index in [1.54, 1.807) is 0 Å². The van der Waals surface area contributed by atoms with Crippen LogP contribution in [0.25, 0.3) is 11.0 Å². The summed E-state index contributed by atoms with van der Waals surface area (Å²) in [4.78, 5) is 4.41. The van der Waals surface area contributed by atoms with Gasteiger partial charge in [-0.05, 0) is 37.9 Å². The molecule has 2 aromatic rings. The first-order valence-electron chi connectivity index (χ1n) is 6.98. The number of fused-ring (bicyclic) bond motifs is 1. The lowest BCUT2D eigenvalue weighted by Gasteiger charge is -2.14. The molecule has 0 atom stereocenters. The third-order valence-corrected chi connectivity index (χ3v) is 3.52. The molecule has 0 aliphatic heterocycles. The van der Waals surface area contributed by atoms with Gasteiger partial charge in [0.05, 0.1) is 17.4 Å². The Morgan fingerprint density at radius 1 is 1.22 bits per heavy atom. The van der Waals surface area contributed by atoms with E-state index in [-0.39, 0.29) is 0 Å². The predicted octanol–water partition coefficient (Wildman–Crippen LogP) is 3.20. The molecule has 0 aliphatic carbocycles. The normalized spacial score (nSPS) is 11.5. The maximum atomic E-state index is 4.41. The van der Waals surface area contributed by atoms with Gasteiger partial charge in [-0.1, -0.05) is 26.0 Å². The van der Waals surface area contributed by atoms with Crippen LogP contribution >= 0.6 is 0 Å². The van der Waals surface area contributed by atoms with Crippen LogP contribution < -0.4 is 5.32 Å². The molecule has 1 heterocycles. The SMILES string of the molecule is CCC(CC)NCCCn1cnc2ccccc21. The van der Waals surface area contributed by atoms with Crippen molar-refractivity contribution in [2.24, 2.45) is 0 Å². The first-order chi connectivity index (χ1) is 8.85. The van der Waals surface area contributed by atoms with Gasteiger partial charge in [-0.2, -0.15) is 0 Å². The average molecular weight is 245 g/mol. The highest BCUT2D eigenvalue weighted by Gasteiger charge is 2.03. The molecule has 18 heavy (non-hydrogen) atoms. The van der Waals surface area contributed by atoms with Crippen LogP contribution in [0.2, 0.25) is 0 Å². The van der Waals surface area contributed by atoms with E-state index in [1.165, 1.54) is 18.4 Å². The van der Waals surface area contributed by atoms with Crippen LogP contribution in [0.3, 0.4) is 0 Å². The van der Waals surface area contributed by atoms with Crippen molar-refractivity contribution in [3.63, 3.8) is 0 Å². The first-order valence-corrected chi connectivity index (χ1v) is 6.98. The van der Waals surface area contributed by atoms with Gasteiger partial charge in [-0.25, -0.2) is 4.98 Å². The van der Waals surface area contributed by atoms with Crippen molar-refractivity contribution in [1.29, 1.82) is 0 Å². The molecule has 0 unspecified atom stereocenters. The zero-order valence-electron chi connectivity index (χ0n) is 11.4. The Kier molecular flexibility index (Phi) is 4.76. The molecule has 0 saturated heterocycles. The lowest BCUT2D eigenvalue weighted by Crippen LogP contribution is -2.29. The van der Waals surface area contributed by atoms with E-state index in [0.29, 0.717) is 6.04 Å². The number of para-hydroxylation sites is 2. The first kappa shape index (κ1) is 13.1. The van der Waals surface area contributed by atoms with Gasteiger partial charge in [0.2, 0.25) is 0 Å². The second-order valence-electron chi connectivity index (χ2n) is 4.75. The zero-order chi connectivity index (χ0) is 12.8. The van der Waals surface area contributed by atoms with Crippen LogP contribution in [0, 0.1) is 0 Å². The lowest BCUT2D eigenvalue weighted by molar-refractivity contribution is 0.467. The summed E-state index contributed by atoms with van der Waals surface area (Å²) in [6.45, 7) is 6.60. The number of hydrogen-bond donors (Lipinski definition) is 1. The van der Waals surface area contributed by atoms with Gasteiger partial charge in [0, 0.05) is 12.6 Å². The largest absolute Gasteiger partial charge is 0.331 e. The molecule has 0 radical (unpaired) electrons. The summed E-state index contributed by atoms with van der Waals surface area (Å²) in [6.07, 6.45) is 5.52. The molecule has 3 nitrogen and oxygen atoms in total. The fourth-order valence-corrected chi connectivity index (χ4v) is 2.32. The summed E-state index contributed by atoms with van der Waals surface area (Å²) in [6, 6.07) is 8.98. The Labute approximate surface area is 109 Å². The lowest BCUT2D eigenvalue weighted by atomic mass is 10.2. The summed E-state index contributed by atoms with van der Waals surface area (Å²) in [5.41, 5.74) is 2.32. The van der Waals surface area contributed by atoms with Crippen molar-refractivity contribution < 1.29 is 0 Å². The Bertz CT molecular complexity index is 471. The molecule has 0 fully saturated rings. The van der Waals surface area contributed by atoms with Crippen molar-refractivity contribution >= 4 is 11.0 Å². The van der Waals surface area contributed by atoms with Crippen molar-refractivity contribution in [1.82, 2.24) is 14.9 Å².